The number of amides is 1. The van der Waals surface area contributed by atoms with E-state index in [2.05, 4.69) is 10.6 Å². The molecule has 0 bridgehead atoms. The summed E-state index contributed by atoms with van der Waals surface area (Å²) in [6, 6.07) is 4.16. The molecule has 1 aliphatic heterocycles. The van der Waals surface area contributed by atoms with E-state index in [1.807, 2.05) is 6.08 Å². The summed E-state index contributed by atoms with van der Waals surface area (Å²) < 4.78 is 43.9. The maximum absolute atomic E-state index is 14.3. The molecule has 8 nitrogen and oxygen atoms in total. The number of rotatable bonds is 7. The standard InChI is InChI=1S/C32H36ClF3N4O4/c33-24-5-1-4-23(31(12-13-31)32(34,35)36)26(24)29(42)40-25-15-21(28(41)38-17-18-3-2-14-37-16-18)10-11-22(25)27(39-40)19-6-8-20(9-7-19)30(43)44/h1,4-6,18,20-21,37H,2-3,7-17H2,(H,38,41)(H,43,44). The highest BCUT2D eigenvalue weighted by Crippen LogP contribution is 2.60. The fraction of sp³-hybridized carbons (Fsp3) is 0.562. The van der Waals surface area contributed by atoms with Crippen LogP contribution in [0.1, 0.15) is 84.2 Å². The van der Waals surface area contributed by atoms with E-state index in [-0.39, 0.29) is 41.3 Å². The predicted octanol–water partition coefficient (Wildman–Crippen LogP) is 5.31. The lowest BCUT2D eigenvalue weighted by Gasteiger charge is -2.26. The van der Waals surface area contributed by atoms with Gasteiger partial charge in [0.1, 0.15) is 0 Å². The van der Waals surface area contributed by atoms with E-state index in [9.17, 15) is 32.7 Å². The van der Waals surface area contributed by atoms with Crippen molar-refractivity contribution in [1.82, 2.24) is 20.4 Å². The van der Waals surface area contributed by atoms with Crippen molar-refractivity contribution in [3.05, 3.63) is 57.4 Å². The molecule has 4 aliphatic rings. The Morgan fingerprint density at radius 1 is 1.14 bits per heavy atom. The van der Waals surface area contributed by atoms with Crippen LogP contribution >= 0.6 is 11.6 Å². The number of aromatic nitrogens is 2. The van der Waals surface area contributed by atoms with Gasteiger partial charge in [-0.05, 0) is 94.0 Å². The van der Waals surface area contributed by atoms with Gasteiger partial charge in [-0.3, -0.25) is 14.4 Å². The minimum Gasteiger partial charge on any atom is -0.481 e. The lowest BCUT2D eigenvalue weighted by atomic mass is 9.82. The molecule has 2 heterocycles. The number of aliphatic carboxylic acids is 1. The van der Waals surface area contributed by atoms with Crippen LogP contribution in [0.25, 0.3) is 5.57 Å². The lowest BCUT2D eigenvalue weighted by molar-refractivity contribution is -0.160. The largest absolute Gasteiger partial charge is 0.481 e. The first-order valence-electron chi connectivity index (χ1n) is 15.4. The van der Waals surface area contributed by atoms with Crippen molar-refractivity contribution >= 4 is 35.0 Å². The van der Waals surface area contributed by atoms with Crippen molar-refractivity contribution in [2.24, 2.45) is 17.8 Å². The maximum atomic E-state index is 14.3. The molecular formula is C32H36ClF3N4O4. The zero-order valence-electron chi connectivity index (χ0n) is 24.3. The zero-order valence-corrected chi connectivity index (χ0v) is 25.1. The van der Waals surface area contributed by atoms with Crippen LogP contribution in [0.2, 0.25) is 5.02 Å². The highest BCUT2D eigenvalue weighted by molar-refractivity contribution is 6.34. The average Bonchev–Trinajstić information content (AvgIpc) is 3.76. The Bertz CT molecular complexity index is 1510. The van der Waals surface area contributed by atoms with E-state index in [1.165, 1.54) is 18.2 Å². The summed E-state index contributed by atoms with van der Waals surface area (Å²) in [5.74, 6) is -2.32. The fourth-order valence-electron chi connectivity index (χ4n) is 7.10. The van der Waals surface area contributed by atoms with Crippen molar-refractivity contribution < 1.29 is 32.7 Å². The van der Waals surface area contributed by atoms with Gasteiger partial charge < -0.3 is 15.7 Å². The summed E-state index contributed by atoms with van der Waals surface area (Å²) in [6.45, 7) is 2.37. The number of halogens is 4. The number of allylic oxidation sites excluding steroid dienone is 2. The number of carbonyl (C=O) groups is 3. The van der Waals surface area contributed by atoms with Crippen molar-refractivity contribution in [3.8, 4) is 0 Å². The number of piperidine rings is 1. The molecule has 6 rings (SSSR count). The second-order valence-corrected chi connectivity index (χ2v) is 13.1. The SMILES string of the molecule is O=C(O)C1CC=C(c2nn(C(=O)c3c(Cl)cccc3C3(C(F)(F)F)CC3)c3c2CCC(C(=O)NCC2CCCNC2)C3)CC1. The number of carboxylic acid groups (broad SMARTS) is 1. The smallest absolute Gasteiger partial charge is 0.398 e. The summed E-state index contributed by atoms with van der Waals surface area (Å²) in [5, 5.41) is 20.5. The van der Waals surface area contributed by atoms with Crippen molar-refractivity contribution in [2.45, 2.75) is 75.8 Å². The third-order valence-corrected chi connectivity index (χ3v) is 10.2. The van der Waals surface area contributed by atoms with Crippen LogP contribution in [0.5, 0.6) is 0 Å². The molecule has 1 aromatic heterocycles. The van der Waals surface area contributed by atoms with Gasteiger partial charge in [0.15, 0.2) is 0 Å². The zero-order chi connectivity index (χ0) is 31.2. The number of nitrogens with zero attached hydrogens (tertiary/aromatic N) is 2. The Morgan fingerprint density at radius 3 is 2.55 bits per heavy atom. The molecule has 0 spiro atoms. The molecule has 3 aliphatic carbocycles. The molecule has 1 aromatic carbocycles. The van der Waals surface area contributed by atoms with Crippen molar-refractivity contribution in [2.75, 3.05) is 19.6 Å². The molecule has 12 heteroatoms. The molecule has 1 saturated heterocycles. The van der Waals surface area contributed by atoms with Gasteiger partial charge >= 0.3 is 12.1 Å². The Morgan fingerprint density at radius 2 is 1.91 bits per heavy atom. The van der Waals surface area contributed by atoms with Gasteiger partial charge in [0.2, 0.25) is 5.91 Å². The Hall–Kier alpha value is -3.18. The Labute approximate surface area is 258 Å². The number of carbonyl (C=O) groups excluding carboxylic acids is 2. The van der Waals surface area contributed by atoms with Crippen LogP contribution in [-0.2, 0) is 27.8 Å². The first-order chi connectivity index (χ1) is 21.0. The molecule has 2 aromatic rings. The number of benzene rings is 1. The van der Waals surface area contributed by atoms with E-state index >= 15 is 0 Å². The summed E-state index contributed by atoms with van der Waals surface area (Å²) in [6.07, 6.45) is 1.50. The molecule has 236 valence electrons. The molecule has 44 heavy (non-hydrogen) atoms. The maximum Gasteiger partial charge on any atom is 0.398 e. The highest BCUT2D eigenvalue weighted by atomic mass is 35.5. The average molecular weight is 633 g/mol. The molecule has 0 radical (unpaired) electrons. The number of nitrogens with one attached hydrogen (secondary N) is 2. The number of hydrogen-bond acceptors (Lipinski definition) is 5. The molecule has 3 unspecified atom stereocenters. The first kappa shape index (κ1) is 30.8. The fourth-order valence-corrected chi connectivity index (χ4v) is 7.35. The summed E-state index contributed by atoms with van der Waals surface area (Å²) in [7, 11) is 0. The van der Waals surface area contributed by atoms with E-state index in [4.69, 9.17) is 16.7 Å². The minimum atomic E-state index is -4.55. The number of hydrogen-bond donors (Lipinski definition) is 3. The van der Waals surface area contributed by atoms with Gasteiger partial charge in [0.05, 0.1) is 33.3 Å². The minimum absolute atomic E-state index is 0.0822. The van der Waals surface area contributed by atoms with Crippen molar-refractivity contribution in [3.63, 3.8) is 0 Å². The van der Waals surface area contributed by atoms with Gasteiger partial charge in [-0.1, -0.05) is 29.8 Å². The first-order valence-corrected chi connectivity index (χ1v) is 15.8. The summed E-state index contributed by atoms with van der Waals surface area (Å²) >= 11 is 6.47. The van der Waals surface area contributed by atoms with Crippen LogP contribution < -0.4 is 10.6 Å². The summed E-state index contributed by atoms with van der Waals surface area (Å²) in [4.78, 5) is 39.1. The molecule has 1 saturated carbocycles. The van der Waals surface area contributed by atoms with Crippen LogP contribution in [0, 0.1) is 17.8 Å². The van der Waals surface area contributed by atoms with E-state index in [0.717, 1.165) is 41.7 Å². The van der Waals surface area contributed by atoms with Crippen LogP contribution in [-0.4, -0.2) is 58.5 Å². The third kappa shape index (κ3) is 5.69. The molecule has 3 atom stereocenters. The van der Waals surface area contributed by atoms with Gasteiger partial charge in [-0.25, -0.2) is 0 Å². The Kier molecular flexibility index (Phi) is 8.38. The summed E-state index contributed by atoms with van der Waals surface area (Å²) in [5.41, 5.74) is 0.138. The highest BCUT2D eigenvalue weighted by Gasteiger charge is 2.65. The predicted molar refractivity (Wildman–Crippen MR) is 157 cm³/mol. The number of alkyl halides is 3. The van der Waals surface area contributed by atoms with E-state index < -0.39 is 35.3 Å². The lowest BCUT2D eigenvalue weighted by Crippen LogP contribution is -2.41. The monoisotopic (exact) mass is 632 g/mol. The molecule has 2 fully saturated rings. The molecular weight excluding hydrogens is 597 g/mol. The van der Waals surface area contributed by atoms with E-state index in [1.54, 1.807) is 0 Å². The third-order valence-electron chi connectivity index (χ3n) is 9.90. The van der Waals surface area contributed by atoms with Gasteiger partial charge in [0, 0.05) is 24.4 Å². The van der Waals surface area contributed by atoms with Crippen LogP contribution in [0.4, 0.5) is 13.2 Å². The molecule has 3 N–H and O–H groups in total. The quantitative estimate of drug-likeness (QED) is 0.382. The Balaban J connectivity index is 1.36. The van der Waals surface area contributed by atoms with E-state index in [0.29, 0.717) is 56.0 Å². The number of fused-ring (bicyclic) bond motifs is 1. The molecule has 1 amide bonds. The topological polar surface area (TPSA) is 113 Å². The van der Waals surface area contributed by atoms with Crippen LogP contribution in [0.3, 0.4) is 0 Å². The van der Waals surface area contributed by atoms with Gasteiger partial charge in [-0.2, -0.15) is 23.0 Å². The van der Waals surface area contributed by atoms with Crippen LogP contribution in [0.15, 0.2) is 24.3 Å². The van der Waals surface area contributed by atoms with Gasteiger partial charge in [0.25, 0.3) is 5.91 Å². The van der Waals surface area contributed by atoms with Gasteiger partial charge in [-0.15, -0.1) is 0 Å². The van der Waals surface area contributed by atoms with Crippen molar-refractivity contribution in [1.29, 1.82) is 0 Å². The second-order valence-electron chi connectivity index (χ2n) is 12.7. The second kappa shape index (κ2) is 12.0. The number of carboxylic acids is 1. The normalized spacial score (nSPS) is 24.6.